The first kappa shape index (κ1) is 24.1. The summed E-state index contributed by atoms with van der Waals surface area (Å²) >= 11 is 5.13. The van der Waals surface area contributed by atoms with Crippen LogP contribution in [0.3, 0.4) is 0 Å². The zero-order valence-electron chi connectivity index (χ0n) is 16.7. The molecule has 0 saturated heterocycles. The summed E-state index contributed by atoms with van der Waals surface area (Å²) in [5.74, 6) is -0.353. The monoisotopic (exact) mass is 465 g/mol. The summed E-state index contributed by atoms with van der Waals surface area (Å²) in [7, 11) is -3.98. The van der Waals surface area contributed by atoms with Crippen molar-refractivity contribution in [1.82, 2.24) is 5.32 Å². The van der Waals surface area contributed by atoms with Gasteiger partial charge in [-0.15, -0.1) is 4.40 Å². The van der Waals surface area contributed by atoms with E-state index in [0.717, 1.165) is 0 Å². The molecule has 31 heavy (non-hydrogen) atoms. The topological polar surface area (TPSA) is 158 Å². The van der Waals surface area contributed by atoms with Crippen molar-refractivity contribution in [3.05, 3.63) is 54.1 Å². The number of carbonyl (C=O) groups is 1. The van der Waals surface area contributed by atoms with Crippen molar-refractivity contribution in [2.75, 3.05) is 25.1 Å². The van der Waals surface area contributed by atoms with Gasteiger partial charge in [-0.3, -0.25) is 10.1 Å². The van der Waals surface area contributed by atoms with Crippen LogP contribution in [0, 0.1) is 0 Å². The number of nitrogens with two attached hydrogens (primary N) is 2. The first-order valence-corrected chi connectivity index (χ1v) is 10.9. The van der Waals surface area contributed by atoms with Crippen LogP contribution in [0.25, 0.3) is 0 Å². The second-order valence-electron chi connectivity index (χ2n) is 5.99. The highest BCUT2D eigenvalue weighted by atomic mass is 32.2. The van der Waals surface area contributed by atoms with Gasteiger partial charge < -0.3 is 26.3 Å². The minimum absolute atomic E-state index is 0.0434. The van der Waals surface area contributed by atoms with Gasteiger partial charge in [0.15, 0.2) is 5.11 Å². The molecule has 0 unspecified atom stereocenters. The number of thiocarbonyl (C=S) groups is 1. The Labute approximate surface area is 185 Å². The third-order valence-electron chi connectivity index (χ3n) is 3.68. The number of hydrogen-bond acceptors (Lipinski definition) is 6. The Kier molecular flexibility index (Phi) is 8.73. The molecule has 12 heteroatoms. The number of rotatable bonds is 9. The predicted molar refractivity (Wildman–Crippen MR) is 122 cm³/mol. The summed E-state index contributed by atoms with van der Waals surface area (Å²) in [6.45, 7) is 3.43. The van der Waals surface area contributed by atoms with Gasteiger partial charge in [0, 0.05) is 17.9 Å². The number of amides is 1. The lowest BCUT2D eigenvalue weighted by Crippen LogP contribution is -2.34. The van der Waals surface area contributed by atoms with Crippen LogP contribution in [-0.4, -0.2) is 45.2 Å². The van der Waals surface area contributed by atoms with Gasteiger partial charge in [0.05, 0.1) is 11.5 Å². The first-order valence-electron chi connectivity index (χ1n) is 9.10. The molecule has 10 nitrogen and oxygen atoms in total. The highest BCUT2D eigenvalue weighted by Gasteiger charge is 2.13. The van der Waals surface area contributed by atoms with Gasteiger partial charge in [-0.05, 0) is 67.7 Å². The lowest BCUT2D eigenvalue weighted by atomic mass is 10.2. The normalized spacial score (nSPS) is 10.7. The molecule has 0 spiro atoms. The lowest BCUT2D eigenvalue weighted by Gasteiger charge is -2.11. The molecule has 0 heterocycles. The summed E-state index contributed by atoms with van der Waals surface area (Å²) in [5, 5.41) is 5.38. The fourth-order valence-electron chi connectivity index (χ4n) is 2.30. The van der Waals surface area contributed by atoms with E-state index in [2.05, 4.69) is 15.0 Å². The average Bonchev–Trinajstić information content (AvgIpc) is 2.71. The van der Waals surface area contributed by atoms with Crippen LogP contribution in [0.5, 0.6) is 5.75 Å². The minimum atomic E-state index is -3.98. The molecule has 0 fully saturated rings. The summed E-state index contributed by atoms with van der Waals surface area (Å²) in [6, 6.07) is 12.1. The summed E-state index contributed by atoms with van der Waals surface area (Å²) in [4.78, 5) is 12.2. The van der Waals surface area contributed by atoms with E-state index in [1.165, 1.54) is 24.3 Å². The fraction of sp³-hybridized carbons (Fsp3) is 0.211. The molecule has 0 saturated carbocycles. The molecule has 2 aromatic rings. The smallest absolute Gasteiger partial charge is 0.285 e. The van der Waals surface area contributed by atoms with E-state index in [1.54, 1.807) is 24.3 Å². The predicted octanol–water partition coefficient (Wildman–Crippen LogP) is 1.19. The van der Waals surface area contributed by atoms with E-state index < -0.39 is 21.9 Å². The molecule has 0 radical (unpaired) electrons. The Bertz CT molecular complexity index is 1030. The van der Waals surface area contributed by atoms with E-state index in [0.29, 0.717) is 36.8 Å². The van der Waals surface area contributed by atoms with Gasteiger partial charge in [-0.1, -0.05) is 0 Å². The van der Waals surface area contributed by atoms with Gasteiger partial charge in [0.25, 0.3) is 15.9 Å². The highest BCUT2D eigenvalue weighted by molar-refractivity contribution is 7.90. The molecule has 0 aliphatic carbocycles. The van der Waals surface area contributed by atoms with Crippen LogP contribution in [-0.2, 0) is 14.8 Å². The van der Waals surface area contributed by atoms with Crippen molar-refractivity contribution in [2.45, 2.75) is 11.8 Å². The SMILES string of the molecule is CCOCCOc1ccc(C(=O)NC(=S)Nc2ccc(S(=O)(=O)N=C(N)N)cc2)cc1. The molecule has 0 aromatic heterocycles. The van der Waals surface area contributed by atoms with Crippen molar-refractivity contribution in [3.8, 4) is 5.75 Å². The highest BCUT2D eigenvalue weighted by Crippen LogP contribution is 2.16. The third-order valence-corrected chi connectivity index (χ3v) is 5.20. The average molecular weight is 466 g/mol. The van der Waals surface area contributed by atoms with Crippen molar-refractivity contribution < 1.29 is 22.7 Å². The van der Waals surface area contributed by atoms with E-state index in [-0.39, 0.29) is 10.0 Å². The quantitative estimate of drug-likeness (QED) is 0.185. The zero-order chi connectivity index (χ0) is 22.9. The van der Waals surface area contributed by atoms with Gasteiger partial charge in [0.1, 0.15) is 12.4 Å². The number of carbonyl (C=O) groups excluding carboxylic acids is 1. The molecule has 166 valence electrons. The van der Waals surface area contributed by atoms with E-state index in [1.807, 2.05) is 6.92 Å². The first-order chi connectivity index (χ1) is 14.7. The Hall–Kier alpha value is -3.22. The van der Waals surface area contributed by atoms with Crippen LogP contribution in [0.15, 0.2) is 57.8 Å². The van der Waals surface area contributed by atoms with Crippen molar-refractivity contribution in [3.63, 3.8) is 0 Å². The second kappa shape index (κ2) is 11.2. The zero-order valence-corrected chi connectivity index (χ0v) is 18.3. The maximum Gasteiger partial charge on any atom is 0.285 e. The summed E-state index contributed by atoms with van der Waals surface area (Å²) in [6.07, 6.45) is 0. The van der Waals surface area contributed by atoms with Crippen LogP contribution in [0.1, 0.15) is 17.3 Å². The standard InChI is InChI=1S/C19H23N5O5S2/c1-2-28-11-12-29-15-7-3-13(4-8-15)17(25)23-19(30)22-14-5-9-16(10-6-14)31(26,27)24-18(20)21/h3-10H,2,11-12H2,1H3,(H4,20,21,24)(H2,22,23,25,30). The number of hydrogen-bond donors (Lipinski definition) is 4. The molecule has 2 rings (SSSR count). The van der Waals surface area contributed by atoms with Crippen LogP contribution in [0.4, 0.5) is 5.69 Å². The number of nitrogens with zero attached hydrogens (tertiary/aromatic N) is 1. The van der Waals surface area contributed by atoms with Crippen molar-refractivity contribution in [1.29, 1.82) is 0 Å². The van der Waals surface area contributed by atoms with Crippen LogP contribution >= 0.6 is 12.2 Å². The number of ether oxygens (including phenoxy) is 2. The largest absolute Gasteiger partial charge is 0.491 e. The Balaban J connectivity index is 1.90. The molecule has 0 aliphatic rings. The van der Waals surface area contributed by atoms with Gasteiger partial charge in [-0.2, -0.15) is 8.42 Å². The molecule has 0 aliphatic heterocycles. The number of guanidine groups is 1. The van der Waals surface area contributed by atoms with Crippen LogP contribution in [0.2, 0.25) is 0 Å². The second-order valence-corrected chi connectivity index (χ2v) is 8.01. The number of benzene rings is 2. The number of nitrogens with one attached hydrogen (secondary N) is 2. The van der Waals surface area contributed by atoms with Gasteiger partial charge in [-0.25, -0.2) is 0 Å². The Morgan fingerprint density at radius 1 is 1.06 bits per heavy atom. The maximum atomic E-state index is 12.3. The molecule has 2 aromatic carbocycles. The van der Waals surface area contributed by atoms with E-state index in [4.69, 9.17) is 33.2 Å². The number of anilines is 1. The minimum Gasteiger partial charge on any atom is -0.491 e. The molecular weight excluding hydrogens is 442 g/mol. The van der Waals surface area contributed by atoms with Gasteiger partial charge in [0.2, 0.25) is 5.96 Å². The molecular formula is C19H23N5O5S2. The third kappa shape index (κ3) is 7.85. The fourth-order valence-corrected chi connectivity index (χ4v) is 3.38. The van der Waals surface area contributed by atoms with Gasteiger partial charge >= 0.3 is 0 Å². The molecule has 0 atom stereocenters. The molecule has 1 amide bonds. The van der Waals surface area contributed by atoms with Crippen molar-refractivity contribution in [2.24, 2.45) is 15.9 Å². The molecule has 0 bridgehead atoms. The van der Waals surface area contributed by atoms with Crippen molar-refractivity contribution >= 4 is 44.9 Å². The lowest BCUT2D eigenvalue weighted by molar-refractivity contribution is 0.0977. The summed E-state index contributed by atoms with van der Waals surface area (Å²) in [5.41, 5.74) is 11.1. The maximum absolute atomic E-state index is 12.3. The number of sulfonamides is 1. The Morgan fingerprint density at radius 3 is 2.29 bits per heavy atom. The summed E-state index contributed by atoms with van der Waals surface area (Å²) < 4.78 is 37.7. The van der Waals surface area contributed by atoms with Crippen LogP contribution < -0.4 is 26.8 Å². The molecule has 6 N–H and O–H groups in total. The Morgan fingerprint density at radius 2 is 1.71 bits per heavy atom. The van der Waals surface area contributed by atoms with E-state index in [9.17, 15) is 13.2 Å². The van der Waals surface area contributed by atoms with E-state index >= 15 is 0 Å².